The van der Waals surface area contributed by atoms with Gasteiger partial charge in [-0.1, -0.05) is 23.2 Å². The molecule has 0 unspecified atom stereocenters. The summed E-state index contributed by atoms with van der Waals surface area (Å²) in [5, 5.41) is 8.27. The minimum Gasteiger partial charge on any atom is -0.386 e. The third kappa shape index (κ3) is 5.57. The average molecular weight is 812 g/mol. The number of pyridine rings is 2. The van der Waals surface area contributed by atoms with E-state index in [1.807, 2.05) is 0 Å². The fourth-order valence-corrected chi connectivity index (χ4v) is 10.5. The number of fused-ring (bicyclic) bond motifs is 6. The summed E-state index contributed by atoms with van der Waals surface area (Å²) < 4.78 is 58.3. The van der Waals surface area contributed by atoms with Crippen LogP contribution in [0.25, 0.3) is 43.9 Å². The summed E-state index contributed by atoms with van der Waals surface area (Å²) in [4.78, 5) is 24.0. The summed E-state index contributed by atoms with van der Waals surface area (Å²) in [6.07, 6.45) is 7.62. The highest BCUT2D eigenvalue weighted by atomic mass is 35.5. The summed E-state index contributed by atoms with van der Waals surface area (Å²) in [5.74, 6) is -3.54. The second-order valence-corrected chi connectivity index (χ2v) is 17.3. The zero-order valence-electron chi connectivity index (χ0n) is 32.1. The molecule has 0 radical (unpaired) electrons. The van der Waals surface area contributed by atoms with Crippen LogP contribution in [0.3, 0.4) is 0 Å². The van der Waals surface area contributed by atoms with Gasteiger partial charge in [0.1, 0.15) is 11.3 Å². The lowest BCUT2D eigenvalue weighted by Gasteiger charge is -2.22. The van der Waals surface area contributed by atoms with Gasteiger partial charge in [0, 0.05) is 75.3 Å². The Balaban J connectivity index is 0.000000146. The number of rotatable bonds is 6. The highest BCUT2D eigenvalue weighted by molar-refractivity contribution is 6.36. The molecule has 2 saturated carbocycles. The van der Waals surface area contributed by atoms with Crippen molar-refractivity contribution >= 4 is 89.8 Å². The Morgan fingerprint density at radius 3 is 1.41 bits per heavy atom. The first-order valence-corrected chi connectivity index (χ1v) is 19.6. The first-order valence-electron chi connectivity index (χ1n) is 18.9. The van der Waals surface area contributed by atoms with Crippen molar-refractivity contribution in [3.8, 4) is 0 Å². The van der Waals surface area contributed by atoms with Crippen LogP contribution in [0.1, 0.15) is 25.7 Å². The minimum atomic E-state index is -0.892. The Hall–Kier alpha value is -4.24. The van der Waals surface area contributed by atoms with Crippen LogP contribution in [0.5, 0.6) is 0 Å². The van der Waals surface area contributed by atoms with Gasteiger partial charge in [0.15, 0.2) is 23.3 Å². The summed E-state index contributed by atoms with van der Waals surface area (Å²) in [6.45, 7) is 3.39. The molecule has 4 aliphatic rings. The van der Waals surface area contributed by atoms with Gasteiger partial charge in [-0.3, -0.25) is 0 Å². The maximum atomic E-state index is 14.9. The second-order valence-electron chi connectivity index (χ2n) is 16.5. The quantitative estimate of drug-likeness (QED) is 0.125. The summed E-state index contributed by atoms with van der Waals surface area (Å²) in [6, 6.07) is 3.43. The lowest BCUT2D eigenvalue weighted by Crippen LogP contribution is -2.26. The zero-order valence-corrected chi connectivity index (χ0v) is 33.6. The fraction of sp³-hybridized carbons (Fsp3) is 0.450. The maximum Gasteiger partial charge on any atom is 0.169 e. The van der Waals surface area contributed by atoms with Crippen LogP contribution in [-0.2, 0) is 0 Å². The predicted molar refractivity (Wildman–Crippen MR) is 219 cm³/mol. The number of benzene rings is 2. The van der Waals surface area contributed by atoms with E-state index in [-0.39, 0.29) is 21.6 Å². The zero-order chi connectivity index (χ0) is 39.6. The van der Waals surface area contributed by atoms with Gasteiger partial charge in [-0.15, -0.1) is 0 Å². The molecule has 296 valence electrons. The van der Waals surface area contributed by atoms with Crippen molar-refractivity contribution in [2.45, 2.75) is 37.8 Å². The van der Waals surface area contributed by atoms with E-state index in [1.165, 1.54) is 0 Å². The number of nitrogens with one attached hydrogen (secondary N) is 4. The van der Waals surface area contributed by atoms with Crippen LogP contribution in [-0.4, -0.2) is 110 Å². The molecule has 2 spiro atoms. The van der Waals surface area contributed by atoms with Crippen molar-refractivity contribution in [2.75, 3.05) is 88.9 Å². The molecule has 4 aromatic heterocycles. The Bertz CT molecular complexity index is 2400. The molecule has 4 fully saturated rings. The largest absolute Gasteiger partial charge is 0.386 e. The van der Waals surface area contributed by atoms with E-state index in [9.17, 15) is 17.6 Å². The predicted octanol–water partition coefficient (Wildman–Crippen LogP) is 8.44. The van der Waals surface area contributed by atoms with E-state index in [0.717, 1.165) is 75.4 Å². The fourth-order valence-electron chi connectivity index (χ4n) is 10.0. The molecule has 0 bridgehead atoms. The topological polar surface area (TPSA) is 94.4 Å². The number of halogens is 6. The Morgan fingerprint density at radius 2 is 1.07 bits per heavy atom. The molecule has 2 saturated heterocycles. The summed E-state index contributed by atoms with van der Waals surface area (Å²) in [7, 11) is 11.8. The minimum absolute atomic E-state index is 0.199. The van der Waals surface area contributed by atoms with Crippen LogP contribution in [0.15, 0.2) is 24.5 Å². The number of nitrogens with zero attached hydrogens (tertiary/aromatic N) is 6. The lowest BCUT2D eigenvalue weighted by atomic mass is 10.1. The van der Waals surface area contributed by atoms with E-state index < -0.39 is 23.3 Å². The smallest absolute Gasteiger partial charge is 0.169 e. The molecular weight excluding hydrogens is 767 g/mol. The van der Waals surface area contributed by atoms with Crippen molar-refractivity contribution in [2.24, 2.45) is 10.8 Å². The van der Waals surface area contributed by atoms with Gasteiger partial charge in [-0.25, -0.2) is 27.5 Å². The van der Waals surface area contributed by atoms with Gasteiger partial charge < -0.3 is 40.2 Å². The number of hydrogen-bond donors (Lipinski definition) is 4. The number of aromatic nitrogens is 4. The summed E-state index contributed by atoms with van der Waals surface area (Å²) in [5.41, 5.74) is 4.99. The van der Waals surface area contributed by atoms with Crippen molar-refractivity contribution < 1.29 is 17.6 Å². The average Bonchev–Trinajstić information content (AvgIpc) is 3.68. The molecule has 56 heavy (non-hydrogen) atoms. The van der Waals surface area contributed by atoms with Crippen LogP contribution in [0, 0.1) is 34.1 Å². The molecule has 2 aromatic carbocycles. The normalized spacial score (nSPS) is 24.2. The third-order valence-corrected chi connectivity index (χ3v) is 13.5. The number of aromatic amines is 2. The third-order valence-electron chi connectivity index (χ3n) is 12.9. The first kappa shape index (κ1) is 37.3. The monoisotopic (exact) mass is 810 g/mol. The lowest BCUT2D eigenvalue weighted by molar-refractivity contribution is 0.335. The van der Waals surface area contributed by atoms with Crippen LogP contribution >= 0.6 is 23.2 Å². The van der Waals surface area contributed by atoms with E-state index in [2.05, 4.69) is 78.4 Å². The van der Waals surface area contributed by atoms with E-state index in [0.29, 0.717) is 66.6 Å². The SMILES string of the molecule is CNc1cc(F)c(F)c2c1[nH]c1ncc(Cl)c(N3CC[C@@]4(C[C@@H]4N(C)C)C3)c12.CNc1cc(F)c(F)c2c1[nH]c1ncc(Cl)c(N3CC[C@@]4(C[C@H]4N(C)C)C3)c12. The Kier molecular flexibility index (Phi) is 8.77. The van der Waals surface area contributed by atoms with Gasteiger partial charge in [0.2, 0.25) is 0 Å². The Morgan fingerprint density at radius 1 is 0.679 bits per heavy atom. The van der Waals surface area contributed by atoms with Crippen LogP contribution < -0.4 is 20.4 Å². The van der Waals surface area contributed by atoms with Crippen molar-refractivity contribution in [1.82, 2.24) is 29.7 Å². The van der Waals surface area contributed by atoms with Gasteiger partial charge in [-0.2, -0.15) is 0 Å². The van der Waals surface area contributed by atoms with E-state index in [4.69, 9.17) is 23.2 Å². The highest BCUT2D eigenvalue weighted by Crippen LogP contribution is 2.58. The molecule has 4 atom stereocenters. The van der Waals surface area contributed by atoms with Crippen molar-refractivity contribution in [3.05, 3.63) is 57.8 Å². The highest BCUT2D eigenvalue weighted by Gasteiger charge is 2.59. The molecule has 6 heterocycles. The molecule has 2 aliphatic carbocycles. The van der Waals surface area contributed by atoms with E-state index in [1.54, 1.807) is 26.5 Å². The first-order chi connectivity index (χ1) is 26.7. The van der Waals surface area contributed by atoms with E-state index >= 15 is 0 Å². The van der Waals surface area contributed by atoms with Gasteiger partial charge in [-0.05, 0) is 53.9 Å². The van der Waals surface area contributed by atoms with Gasteiger partial charge >= 0.3 is 0 Å². The maximum absolute atomic E-state index is 14.9. The molecular formula is C40H44Cl2F4N10. The van der Waals surface area contributed by atoms with Crippen LogP contribution in [0.4, 0.5) is 40.3 Å². The van der Waals surface area contributed by atoms with Gasteiger partial charge in [0.25, 0.3) is 0 Å². The van der Waals surface area contributed by atoms with Gasteiger partial charge in [0.05, 0.1) is 77.8 Å². The molecule has 4 N–H and O–H groups in total. The molecule has 16 heteroatoms. The number of hydrogen-bond acceptors (Lipinski definition) is 8. The molecule has 2 aliphatic heterocycles. The number of anilines is 4. The molecule has 6 aromatic rings. The van der Waals surface area contributed by atoms with Crippen LogP contribution in [0.2, 0.25) is 10.0 Å². The standard InChI is InChI=1S/2C20H22ClF2N5/c2*1-24-12-6-11(22)16(23)14-15-18(10(21)8-25-19(15)26-17(12)14)28-5-4-20(9-28)7-13(20)27(2)3/h2*6,8,13,24H,4-5,7,9H2,1-3H3,(H,25,26)/t13-,20+;13-,20-/m01/s1. The summed E-state index contributed by atoms with van der Waals surface area (Å²) >= 11 is 13.1. The van der Waals surface area contributed by atoms with Crippen molar-refractivity contribution in [3.63, 3.8) is 0 Å². The second kappa shape index (κ2) is 13.2. The molecule has 0 amide bonds. The molecule has 10 rings (SSSR count). The number of H-pyrrole nitrogens is 2. The molecule has 10 nitrogen and oxygen atoms in total. The van der Waals surface area contributed by atoms with Crippen molar-refractivity contribution in [1.29, 1.82) is 0 Å². The Labute approximate surface area is 331 Å².